The van der Waals surface area contributed by atoms with Gasteiger partial charge in [0.1, 0.15) is 5.54 Å². The van der Waals surface area contributed by atoms with Gasteiger partial charge in [-0.15, -0.1) is 0 Å². The quantitative estimate of drug-likeness (QED) is 0.253. The van der Waals surface area contributed by atoms with E-state index in [-0.39, 0.29) is 0 Å². The van der Waals surface area contributed by atoms with Crippen LogP contribution >= 0.6 is 0 Å². The first kappa shape index (κ1) is 23.3. The third kappa shape index (κ3) is 4.24. The van der Waals surface area contributed by atoms with E-state index in [1.54, 1.807) is 0 Å². The summed E-state index contributed by atoms with van der Waals surface area (Å²) in [4.78, 5) is 9.95. The lowest BCUT2D eigenvalue weighted by Crippen LogP contribution is -2.38. The fourth-order valence-corrected chi connectivity index (χ4v) is 5.73. The molecule has 1 aromatic heterocycles. The molecule has 1 fully saturated rings. The molecule has 37 heavy (non-hydrogen) atoms. The van der Waals surface area contributed by atoms with Gasteiger partial charge in [0.2, 0.25) is 0 Å². The zero-order chi connectivity index (χ0) is 25.1. The van der Waals surface area contributed by atoms with E-state index in [4.69, 9.17) is 4.98 Å². The van der Waals surface area contributed by atoms with Gasteiger partial charge in [-0.2, -0.15) is 0 Å². The Balaban J connectivity index is 1.42. The standard InChI is InChI=1S/C33H32N4/c1-27-32(24-35-22-23-36(26-35)31-20-12-5-13-21-31)34-25-37(27)33(28-14-6-2-7-15-28,29-16-8-3-9-17-29)30-18-10-4-11-19-30/h2-21,25H,22-24,26H2,1H3. The minimum Gasteiger partial charge on any atom is -0.357 e. The lowest BCUT2D eigenvalue weighted by atomic mass is 9.76. The number of benzene rings is 4. The van der Waals surface area contributed by atoms with Gasteiger partial charge in [0.25, 0.3) is 0 Å². The maximum absolute atomic E-state index is 5.02. The number of nitrogens with zero attached hydrogens (tertiary/aromatic N) is 4. The van der Waals surface area contributed by atoms with Crippen LogP contribution < -0.4 is 4.90 Å². The van der Waals surface area contributed by atoms with Crippen LogP contribution in [0.4, 0.5) is 5.69 Å². The van der Waals surface area contributed by atoms with Crippen LogP contribution in [-0.2, 0) is 12.1 Å². The van der Waals surface area contributed by atoms with E-state index < -0.39 is 5.54 Å². The second-order valence-corrected chi connectivity index (χ2v) is 9.75. The van der Waals surface area contributed by atoms with Crippen molar-refractivity contribution in [2.24, 2.45) is 0 Å². The first-order valence-corrected chi connectivity index (χ1v) is 13.0. The Morgan fingerprint density at radius 2 is 1.14 bits per heavy atom. The van der Waals surface area contributed by atoms with Gasteiger partial charge in [-0.1, -0.05) is 109 Å². The molecule has 4 heteroatoms. The monoisotopic (exact) mass is 484 g/mol. The molecule has 0 bridgehead atoms. The minimum atomic E-state index is -0.528. The van der Waals surface area contributed by atoms with Crippen molar-refractivity contribution in [1.29, 1.82) is 0 Å². The summed E-state index contributed by atoms with van der Waals surface area (Å²) in [6.45, 7) is 6.03. The predicted octanol–water partition coefficient (Wildman–Crippen LogP) is 6.31. The Kier molecular flexibility index (Phi) is 6.33. The van der Waals surface area contributed by atoms with E-state index >= 15 is 0 Å². The van der Waals surface area contributed by atoms with E-state index in [1.165, 1.54) is 28.1 Å². The Labute approximate surface area is 219 Å². The van der Waals surface area contributed by atoms with E-state index in [1.807, 2.05) is 6.33 Å². The number of para-hydroxylation sites is 1. The van der Waals surface area contributed by atoms with Gasteiger partial charge in [0.15, 0.2) is 0 Å². The van der Waals surface area contributed by atoms with Crippen LogP contribution in [0.1, 0.15) is 28.1 Å². The molecule has 0 saturated carbocycles. The van der Waals surface area contributed by atoms with Gasteiger partial charge in [-0.25, -0.2) is 4.98 Å². The van der Waals surface area contributed by atoms with Crippen LogP contribution in [0.25, 0.3) is 0 Å². The largest absolute Gasteiger partial charge is 0.357 e. The van der Waals surface area contributed by atoms with Crippen molar-refractivity contribution in [1.82, 2.24) is 14.5 Å². The molecule has 6 rings (SSSR count). The van der Waals surface area contributed by atoms with Crippen molar-refractivity contribution in [2.75, 3.05) is 24.7 Å². The molecule has 0 N–H and O–H groups in total. The van der Waals surface area contributed by atoms with Crippen molar-refractivity contribution in [3.8, 4) is 0 Å². The van der Waals surface area contributed by atoms with E-state index in [9.17, 15) is 0 Å². The van der Waals surface area contributed by atoms with Crippen LogP contribution in [0, 0.1) is 6.92 Å². The third-order valence-corrected chi connectivity index (χ3v) is 7.60. The maximum Gasteiger partial charge on any atom is 0.121 e. The number of hydrogen-bond donors (Lipinski definition) is 0. The zero-order valence-electron chi connectivity index (χ0n) is 21.2. The molecule has 0 unspecified atom stereocenters. The topological polar surface area (TPSA) is 24.3 Å². The molecule has 1 aliphatic rings. The lowest BCUT2D eigenvalue weighted by Gasteiger charge is -2.38. The maximum atomic E-state index is 5.02. The number of anilines is 1. The van der Waals surface area contributed by atoms with Crippen molar-refractivity contribution >= 4 is 5.69 Å². The highest BCUT2D eigenvalue weighted by molar-refractivity contribution is 5.51. The minimum absolute atomic E-state index is 0.528. The number of aromatic nitrogens is 2. The molecule has 1 saturated heterocycles. The number of imidazole rings is 1. The molecule has 2 heterocycles. The normalized spacial score (nSPS) is 14.2. The Bertz CT molecular complexity index is 1330. The van der Waals surface area contributed by atoms with Crippen molar-refractivity contribution in [2.45, 2.75) is 19.0 Å². The lowest BCUT2D eigenvalue weighted by molar-refractivity contribution is 0.329. The predicted molar refractivity (Wildman–Crippen MR) is 151 cm³/mol. The van der Waals surface area contributed by atoms with Gasteiger partial charge >= 0.3 is 0 Å². The highest BCUT2D eigenvalue weighted by atomic mass is 15.4. The summed E-state index contributed by atoms with van der Waals surface area (Å²) in [6, 6.07) is 43.1. The average molecular weight is 485 g/mol. The summed E-state index contributed by atoms with van der Waals surface area (Å²) in [6.07, 6.45) is 2.04. The fourth-order valence-electron chi connectivity index (χ4n) is 5.73. The van der Waals surface area contributed by atoms with Crippen molar-refractivity contribution in [3.05, 3.63) is 156 Å². The number of hydrogen-bond acceptors (Lipinski definition) is 3. The van der Waals surface area contributed by atoms with Gasteiger partial charge < -0.3 is 9.47 Å². The smallest absolute Gasteiger partial charge is 0.121 e. The molecule has 1 aliphatic heterocycles. The van der Waals surface area contributed by atoms with Gasteiger partial charge in [0.05, 0.1) is 18.7 Å². The average Bonchev–Trinajstić information content (AvgIpc) is 3.59. The highest BCUT2D eigenvalue weighted by Gasteiger charge is 2.39. The molecule has 0 amide bonds. The van der Waals surface area contributed by atoms with Crippen LogP contribution in [0.5, 0.6) is 0 Å². The second-order valence-electron chi connectivity index (χ2n) is 9.75. The zero-order valence-corrected chi connectivity index (χ0v) is 21.2. The SMILES string of the molecule is Cc1c(CN2CCN(c3ccccc3)C2)ncn1C(c1ccccc1)(c1ccccc1)c1ccccc1. The van der Waals surface area contributed by atoms with Gasteiger partial charge in [0, 0.05) is 31.0 Å². The Morgan fingerprint density at radius 1 is 0.649 bits per heavy atom. The van der Waals surface area contributed by atoms with Crippen molar-refractivity contribution in [3.63, 3.8) is 0 Å². The second kappa shape index (κ2) is 10.1. The first-order valence-electron chi connectivity index (χ1n) is 13.0. The molecule has 0 aliphatic carbocycles. The first-order chi connectivity index (χ1) is 18.3. The fraction of sp³-hybridized carbons (Fsp3) is 0.182. The van der Waals surface area contributed by atoms with E-state index in [2.05, 4.69) is 143 Å². The summed E-state index contributed by atoms with van der Waals surface area (Å²) in [5, 5.41) is 0. The van der Waals surface area contributed by atoms with Crippen LogP contribution in [0.3, 0.4) is 0 Å². The third-order valence-electron chi connectivity index (χ3n) is 7.60. The van der Waals surface area contributed by atoms with Gasteiger partial charge in [-0.05, 0) is 35.7 Å². The summed E-state index contributed by atoms with van der Waals surface area (Å²) in [7, 11) is 0. The van der Waals surface area contributed by atoms with E-state index in [0.717, 1.165) is 32.0 Å². The summed E-state index contributed by atoms with van der Waals surface area (Å²) in [5.74, 6) is 0. The molecular weight excluding hydrogens is 452 g/mol. The van der Waals surface area contributed by atoms with Gasteiger partial charge in [-0.3, -0.25) is 4.90 Å². The van der Waals surface area contributed by atoms with Crippen molar-refractivity contribution < 1.29 is 0 Å². The summed E-state index contributed by atoms with van der Waals surface area (Å²) < 4.78 is 2.38. The molecule has 0 atom stereocenters. The molecular formula is C33H32N4. The molecule has 0 spiro atoms. The molecule has 4 aromatic carbocycles. The molecule has 184 valence electrons. The highest BCUT2D eigenvalue weighted by Crippen LogP contribution is 2.42. The molecule has 0 radical (unpaired) electrons. The van der Waals surface area contributed by atoms with Crippen LogP contribution in [0.2, 0.25) is 0 Å². The molecule has 4 nitrogen and oxygen atoms in total. The number of rotatable bonds is 7. The Morgan fingerprint density at radius 3 is 1.65 bits per heavy atom. The van der Waals surface area contributed by atoms with Crippen LogP contribution in [0.15, 0.2) is 128 Å². The molecule has 5 aromatic rings. The van der Waals surface area contributed by atoms with Crippen LogP contribution in [-0.4, -0.2) is 34.2 Å². The summed E-state index contributed by atoms with van der Waals surface area (Å²) >= 11 is 0. The Hall–Kier alpha value is -4.15. The van der Waals surface area contributed by atoms with E-state index in [0.29, 0.717) is 0 Å². The summed E-state index contributed by atoms with van der Waals surface area (Å²) in [5.41, 5.74) is 6.73.